The van der Waals surface area contributed by atoms with E-state index in [4.69, 9.17) is 4.74 Å². The summed E-state index contributed by atoms with van der Waals surface area (Å²) in [5, 5.41) is 2.42. The molecule has 1 unspecified atom stereocenters. The third-order valence-electron chi connectivity index (χ3n) is 1.31. The van der Waals surface area contributed by atoms with Gasteiger partial charge < -0.3 is 4.74 Å². The number of hydrogen-bond acceptors (Lipinski definition) is 2. The zero-order valence-corrected chi connectivity index (χ0v) is 5.60. The van der Waals surface area contributed by atoms with Gasteiger partial charge in [-0.25, -0.2) is 0 Å². The van der Waals surface area contributed by atoms with Crippen LogP contribution in [0.1, 0.15) is 0 Å². The van der Waals surface area contributed by atoms with Crippen molar-refractivity contribution in [1.29, 1.82) is 0 Å². The maximum absolute atomic E-state index is 5.20. The van der Waals surface area contributed by atoms with Crippen LogP contribution in [0.15, 0.2) is 35.7 Å². The van der Waals surface area contributed by atoms with Gasteiger partial charge in [-0.05, 0) is 6.08 Å². The van der Waals surface area contributed by atoms with Gasteiger partial charge in [0.2, 0.25) is 0 Å². The molecule has 1 aliphatic heterocycles. The van der Waals surface area contributed by atoms with Gasteiger partial charge in [0.1, 0.15) is 5.76 Å². The quantitative estimate of drug-likeness (QED) is 0.506. The highest BCUT2D eigenvalue weighted by Crippen LogP contribution is 2.30. The Morgan fingerprint density at radius 2 is 2.56 bits per heavy atom. The fourth-order valence-corrected chi connectivity index (χ4v) is 1.62. The molecule has 1 aliphatic carbocycles. The molecule has 46 valence electrons. The Morgan fingerprint density at radius 1 is 1.56 bits per heavy atom. The summed E-state index contributed by atoms with van der Waals surface area (Å²) in [6, 6.07) is 0. The van der Waals surface area contributed by atoms with Crippen LogP contribution in [0.4, 0.5) is 0 Å². The molecule has 0 spiro atoms. The monoisotopic (exact) mass is 138 g/mol. The maximum Gasteiger partial charge on any atom is 0.120 e. The predicted octanol–water partition coefficient (Wildman–Crippen LogP) is 2.04. The lowest BCUT2D eigenvalue weighted by Crippen LogP contribution is -2.02. The summed E-state index contributed by atoms with van der Waals surface area (Å²) in [4.78, 5) is 0. The van der Waals surface area contributed by atoms with E-state index in [1.165, 1.54) is 0 Å². The Hall–Kier alpha value is -0.630. The fraction of sp³-hybridized carbons (Fsp3) is 0.143. The van der Waals surface area contributed by atoms with Crippen LogP contribution in [0, 0.1) is 0 Å². The van der Waals surface area contributed by atoms with Gasteiger partial charge in [0, 0.05) is 5.41 Å². The molecule has 1 atom stereocenters. The average Bonchev–Trinajstić information content (AvgIpc) is 2.33. The number of allylic oxidation sites excluding steroid dienone is 2. The van der Waals surface area contributed by atoms with Crippen molar-refractivity contribution in [3.63, 3.8) is 0 Å². The molecule has 0 radical (unpaired) electrons. The van der Waals surface area contributed by atoms with Crippen LogP contribution in [0.2, 0.25) is 0 Å². The minimum absolute atomic E-state index is 0.454. The first kappa shape index (κ1) is 5.18. The molecule has 0 fully saturated rings. The molecule has 2 heteroatoms. The van der Waals surface area contributed by atoms with E-state index in [2.05, 4.69) is 6.08 Å². The molecule has 0 amide bonds. The van der Waals surface area contributed by atoms with E-state index in [9.17, 15) is 0 Å². The third kappa shape index (κ3) is 0.793. The van der Waals surface area contributed by atoms with E-state index in [-0.39, 0.29) is 0 Å². The number of hydrogen-bond donors (Lipinski definition) is 0. The Bertz CT molecular complexity index is 203. The van der Waals surface area contributed by atoms with Crippen LogP contribution in [0.25, 0.3) is 0 Å². The number of thioether (sulfide) groups is 1. The minimum Gasteiger partial charge on any atom is -0.467 e. The summed E-state index contributed by atoms with van der Waals surface area (Å²) in [5.74, 6) is 1.06. The zero-order valence-electron chi connectivity index (χ0n) is 4.78. The molecule has 2 rings (SSSR count). The highest BCUT2D eigenvalue weighted by atomic mass is 32.2. The van der Waals surface area contributed by atoms with Gasteiger partial charge in [0.25, 0.3) is 0 Å². The number of ether oxygens (including phenoxy) is 1. The van der Waals surface area contributed by atoms with Gasteiger partial charge in [0.05, 0.1) is 11.5 Å². The minimum atomic E-state index is 0.454. The summed E-state index contributed by atoms with van der Waals surface area (Å²) < 4.78 is 5.20. The second-order valence-corrected chi connectivity index (χ2v) is 2.95. The molecular formula is C7H6OS. The molecule has 0 N–H and O–H groups in total. The lowest BCUT2D eigenvalue weighted by molar-refractivity contribution is 0.346. The van der Waals surface area contributed by atoms with Gasteiger partial charge >= 0.3 is 0 Å². The Kier molecular flexibility index (Phi) is 1.12. The highest BCUT2D eigenvalue weighted by molar-refractivity contribution is 8.03. The topological polar surface area (TPSA) is 9.23 Å². The van der Waals surface area contributed by atoms with Crippen LogP contribution in [0.5, 0.6) is 0 Å². The van der Waals surface area contributed by atoms with E-state index in [1.54, 1.807) is 18.0 Å². The maximum atomic E-state index is 5.20. The van der Waals surface area contributed by atoms with Crippen molar-refractivity contribution < 1.29 is 4.74 Å². The van der Waals surface area contributed by atoms with Crippen LogP contribution in [-0.4, -0.2) is 5.25 Å². The lowest BCUT2D eigenvalue weighted by Gasteiger charge is -2.13. The summed E-state index contributed by atoms with van der Waals surface area (Å²) in [6.07, 6.45) is 7.88. The first-order chi connectivity index (χ1) is 4.47. The Labute approximate surface area is 58.1 Å². The van der Waals surface area contributed by atoms with Crippen LogP contribution in [0.3, 0.4) is 0 Å². The summed E-state index contributed by atoms with van der Waals surface area (Å²) in [7, 11) is 0. The molecule has 9 heavy (non-hydrogen) atoms. The van der Waals surface area contributed by atoms with E-state index in [1.807, 2.05) is 17.6 Å². The number of fused-ring (bicyclic) bond motifs is 1. The molecule has 0 aromatic carbocycles. The summed E-state index contributed by atoms with van der Waals surface area (Å²) in [6.45, 7) is 0. The van der Waals surface area contributed by atoms with Gasteiger partial charge in [-0.1, -0.05) is 12.2 Å². The SMILES string of the molecule is C1=CC2SC=COC2=C1. The molecule has 0 saturated heterocycles. The van der Waals surface area contributed by atoms with E-state index < -0.39 is 0 Å². The van der Waals surface area contributed by atoms with Crippen molar-refractivity contribution in [3.05, 3.63) is 35.7 Å². The van der Waals surface area contributed by atoms with E-state index >= 15 is 0 Å². The first-order valence-electron chi connectivity index (χ1n) is 2.82. The van der Waals surface area contributed by atoms with Crippen molar-refractivity contribution in [2.75, 3.05) is 0 Å². The summed E-state index contributed by atoms with van der Waals surface area (Å²) >= 11 is 1.77. The van der Waals surface area contributed by atoms with E-state index in [0.29, 0.717) is 5.25 Å². The van der Waals surface area contributed by atoms with E-state index in [0.717, 1.165) is 5.76 Å². The van der Waals surface area contributed by atoms with Crippen molar-refractivity contribution >= 4 is 11.8 Å². The molecule has 0 aromatic heterocycles. The standard InChI is InChI=1S/C7H6OS/c1-2-6-7(3-1)9-5-4-8-6/h1-5,7H. The summed E-state index contributed by atoms with van der Waals surface area (Å²) in [5.41, 5.74) is 0. The predicted molar refractivity (Wildman–Crippen MR) is 38.8 cm³/mol. The number of rotatable bonds is 0. The third-order valence-corrected chi connectivity index (χ3v) is 2.26. The second-order valence-electron chi connectivity index (χ2n) is 1.90. The van der Waals surface area contributed by atoms with Crippen LogP contribution >= 0.6 is 11.8 Å². The zero-order chi connectivity index (χ0) is 6.10. The largest absolute Gasteiger partial charge is 0.467 e. The second kappa shape index (κ2) is 1.95. The molecule has 1 heterocycles. The molecule has 1 nitrogen and oxygen atoms in total. The molecular weight excluding hydrogens is 132 g/mol. The van der Waals surface area contributed by atoms with Crippen LogP contribution < -0.4 is 0 Å². The van der Waals surface area contributed by atoms with Crippen molar-refractivity contribution in [1.82, 2.24) is 0 Å². The van der Waals surface area contributed by atoms with Crippen molar-refractivity contribution in [3.8, 4) is 0 Å². The van der Waals surface area contributed by atoms with Gasteiger partial charge in [-0.15, -0.1) is 11.8 Å². The van der Waals surface area contributed by atoms with Crippen LogP contribution in [-0.2, 0) is 4.74 Å². The lowest BCUT2D eigenvalue weighted by atomic mass is 10.4. The van der Waals surface area contributed by atoms with Crippen molar-refractivity contribution in [2.24, 2.45) is 0 Å². The van der Waals surface area contributed by atoms with Gasteiger partial charge in [0.15, 0.2) is 0 Å². The Balaban J connectivity index is 2.27. The molecule has 2 aliphatic rings. The fourth-order valence-electron chi connectivity index (χ4n) is 0.883. The smallest absolute Gasteiger partial charge is 0.120 e. The molecule has 0 saturated carbocycles. The normalized spacial score (nSPS) is 29.3. The molecule has 0 bridgehead atoms. The first-order valence-corrected chi connectivity index (χ1v) is 3.76. The van der Waals surface area contributed by atoms with Crippen molar-refractivity contribution in [2.45, 2.75) is 5.25 Å². The molecule has 0 aromatic rings. The highest BCUT2D eigenvalue weighted by Gasteiger charge is 2.17. The van der Waals surface area contributed by atoms with Gasteiger partial charge in [-0.3, -0.25) is 0 Å². The Morgan fingerprint density at radius 3 is 3.44 bits per heavy atom. The average molecular weight is 138 g/mol. The van der Waals surface area contributed by atoms with Gasteiger partial charge in [-0.2, -0.15) is 0 Å².